The molecule has 4 heteroatoms. The molecule has 0 saturated carbocycles. The highest BCUT2D eigenvalue weighted by molar-refractivity contribution is 5.40. The van der Waals surface area contributed by atoms with Crippen LogP contribution in [-0.4, -0.2) is 16.6 Å². The van der Waals surface area contributed by atoms with Crippen molar-refractivity contribution in [3.05, 3.63) is 52.1 Å². The number of aliphatic hydroxyl groups excluding tert-OH is 1. The Balaban J connectivity index is 2.84. The van der Waals surface area contributed by atoms with Crippen molar-refractivity contribution >= 4 is 5.69 Å². The van der Waals surface area contributed by atoms with Crippen molar-refractivity contribution in [2.45, 2.75) is 6.42 Å². The van der Waals surface area contributed by atoms with E-state index >= 15 is 0 Å². The highest BCUT2D eigenvalue weighted by Gasteiger charge is 2.09. The monoisotopic (exact) mass is 193 g/mol. The number of nitrogens with zero attached hydrogens (tertiary/aromatic N) is 1. The fraction of sp³-hybridized carbons (Fsp3) is 0.200. The third-order valence-electron chi connectivity index (χ3n) is 1.80. The molecule has 1 aromatic rings. The van der Waals surface area contributed by atoms with Crippen molar-refractivity contribution in [3.63, 3.8) is 0 Å². The fourth-order valence-electron chi connectivity index (χ4n) is 1.15. The maximum atomic E-state index is 10.6. The van der Waals surface area contributed by atoms with Crippen LogP contribution in [0.5, 0.6) is 0 Å². The minimum absolute atomic E-state index is 0.0410. The molecule has 4 nitrogen and oxygen atoms in total. The maximum absolute atomic E-state index is 10.6. The molecule has 0 unspecified atom stereocenters. The van der Waals surface area contributed by atoms with Gasteiger partial charge in [0.05, 0.1) is 11.5 Å². The Morgan fingerprint density at radius 3 is 2.71 bits per heavy atom. The van der Waals surface area contributed by atoms with Crippen molar-refractivity contribution < 1.29 is 10.0 Å². The van der Waals surface area contributed by atoms with Gasteiger partial charge in [-0.05, 0) is 6.42 Å². The van der Waals surface area contributed by atoms with Gasteiger partial charge in [-0.1, -0.05) is 30.4 Å². The molecular weight excluding hydrogens is 182 g/mol. The van der Waals surface area contributed by atoms with E-state index in [1.807, 2.05) is 0 Å². The number of hydrogen-bond donors (Lipinski definition) is 1. The zero-order valence-electron chi connectivity index (χ0n) is 7.59. The summed E-state index contributed by atoms with van der Waals surface area (Å²) in [5.74, 6) is 0. The number of benzene rings is 1. The molecular formula is C10H11NO3. The topological polar surface area (TPSA) is 63.4 Å². The predicted molar refractivity (Wildman–Crippen MR) is 53.0 cm³/mol. The Morgan fingerprint density at radius 2 is 2.07 bits per heavy atom. The highest BCUT2D eigenvalue weighted by atomic mass is 16.6. The summed E-state index contributed by atoms with van der Waals surface area (Å²) in [5.41, 5.74) is 0.775. The van der Waals surface area contributed by atoms with E-state index < -0.39 is 4.92 Å². The summed E-state index contributed by atoms with van der Waals surface area (Å²) in [7, 11) is 0. The lowest BCUT2D eigenvalue weighted by Crippen LogP contribution is -1.93. The van der Waals surface area contributed by atoms with Crippen molar-refractivity contribution in [2.24, 2.45) is 0 Å². The normalized spacial score (nSPS) is 10.6. The van der Waals surface area contributed by atoms with E-state index in [2.05, 4.69) is 0 Å². The summed E-state index contributed by atoms with van der Waals surface area (Å²) in [6.07, 6.45) is 3.75. The van der Waals surface area contributed by atoms with Crippen LogP contribution < -0.4 is 0 Å². The SMILES string of the molecule is O=[N+]([O-])c1ccccc1C/C=C\CO. The Hall–Kier alpha value is -1.68. The standard InChI is InChI=1S/C10H11NO3/c12-8-4-3-6-9-5-1-2-7-10(9)11(13)14/h1-5,7,12H,6,8H2/b4-3-. The minimum atomic E-state index is -0.401. The lowest BCUT2D eigenvalue weighted by molar-refractivity contribution is -0.385. The van der Waals surface area contributed by atoms with Crippen LogP contribution in [0.15, 0.2) is 36.4 Å². The van der Waals surface area contributed by atoms with E-state index in [1.54, 1.807) is 30.4 Å². The van der Waals surface area contributed by atoms with Gasteiger partial charge in [-0.2, -0.15) is 0 Å². The van der Waals surface area contributed by atoms with Gasteiger partial charge in [-0.3, -0.25) is 10.1 Å². The molecule has 0 bridgehead atoms. The predicted octanol–water partition coefficient (Wildman–Crippen LogP) is 1.69. The third-order valence-corrected chi connectivity index (χ3v) is 1.80. The molecule has 1 aromatic carbocycles. The number of nitro benzene ring substituents is 1. The largest absolute Gasteiger partial charge is 0.392 e. The lowest BCUT2D eigenvalue weighted by Gasteiger charge is -1.97. The molecule has 0 amide bonds. The average Bonchev–Trinajstić information content (AvgIpc) is 2.19. The van der Waals surface area contributed by atoms with Gasteiger partial charge in [0, 0.05) is 11.6 Å². The second kappa shape index (κ2) is 5.14. The van der Waals surface area contributed by atoms with Crippen molar-refractivity contribution in [2.75, 3.05) is 6.61 Å². The van der Waals surface area contributed by atoms with Crippen LogP contribution in [-0.2, 0) is 6.42 Å². The quantitative estimate of drug-likeness (QED) is 0.449. The van der Waals surface area contributed by atoms with Crippen molar-refractivity contribution in [3.8, 4) is 0 Å². The van der Waals surface area contributed by atoms with Crippen LogP contribution in [0.2, 0.25) is 0 Å². The van der Waals surface area contributed by atoms with Crippen LogP contribution in [0.25, 0.3) is 0 Å². The second-order valence-electron chi connectivity index (χ2n) is 2.74. The number of hydrogen-bond acceptors (Lipinski definition) is 3. The summed E-state index contributed by atoms with van der Waals surface area (Å²) < 4.78 is 0. The fourth-order valence-corrected chi connectivity index (χ4v) is 1.15. The molecule has 0 aliphatic rings. The van der Waals surface area contributed by atoms with E-state index in [-0.39, 0.29) is 12.3 Å². The van der Waals surface area contributed by atoms with Crippen LogP contribution >= 0.6 is 0 Å². The third kappa shape index (κ3) is 2.67. The average molecular weight is 193 g/mol. The van der Waals surface area contributed by atoms with E-state index in [9.17, 15) is 10.1 Å². The van der Waals surface area contributed by atoms with E-state index in [0.717, 1.165) is 0 Å². The van der Waals surface area contributed by atoms with Gasteiger partial charge in [-0.15, -0.1) is 0 Å². The van der Waals surface area contributed by atoms with E-state index in [4.69, 9.17) is 5.11 Å². The van der Waals surface area contributed by atoms with Gasteiger partial charge >= 0.3 is 0 Å². The molecule has 0 aliphatic heterocycles. The minimum Gasteiger partial charge on any atom is -0.392 e. The molecule has 0 heterocycles. The molecule has 0 radical (unpaired) electrons. The molecule has 74 valence electrons. The lowest BCUT2D eigenvalue weighted by atomic mass is 10.1. The number of nitro groups is 1. The Morgan fingerprint density at radius 1 is 1.36 bits per heavy atom. The molecule has 0 aromatic heterocycles. The Bertz CT molecular complexity index is 347. The second-order valence-corrected chi connectivity index (χ2v) is 2.74. The molecule has 0 atom stereocenters. The highest BCUT2D eigenvalue weighted by Crippen LogP contribution is 2.18. The maximum Gasteiger partial charge on any atom is 0.272 e. The van der Waals surface area contributed by atoms with Gasteiger partial charge in [0.2, 0.25) is 0 Å². The number of allylic oxidation sites excluding steroid dienone is 1. The Labute approximate surface area is 81.6 Å². The molecule has 0 saturated heterocycles. The van der Waals surface area contributed by atoms with Crippen molar-refractivity contribution in [1.29, 1.82) is 0 Å². The van der Waals surface area contributed by atoms with Crippen LogP contribution in [0, 0.1) is 10.1 Å². The first-order chi connectivity index (χ1) is 6.75. The zero-order valence-corrected chi connectivity index (χ0v) is 7.59. The first-order valence-corrected chi connectivity index (χ1v) is 4.24. The summed E-state index contributed by atoms with van der Waals surface area (Å²) in [6.45, 7) is -0.0410. The van der Waals surface area contributed by atoms with Crippen LogP contribution in [0.4, 0.5) is 5.69 Å². The van der Waals surface area contributed by atoms with Gasteiger partial charge in [0.1, 0.15) is 0 Å². The van der Waals surface area contributed by atoms with E-state index in [0.29, 0.717) is 12.0 Å². The van der Waals surface area contributed by atoms with Gasteiger partial charge in [-0.25, -0.2) is 0 Å². The Kier molecular flexibility index (Phi) is 3.82. The first kappa shape index (κ1) is 10.4. The summed E-state index contributed by atoms with van der Waals surface area (Å²) in [5, 5.41) is 19.1. The van der Waals surface area contributed by atoms with Gasteiger partial charge in [0.15, 0.2) is 0 Å². The summed E-state index contributed by atoms with van der Waals surface area (Å²) in [6, 6.07) is 6.58. The number of aliphatic hydroxyl groups is 1. The first-order valence-electron chi connectivity index (χ1n) is 4.24. The number of para-hydroxylation sites is 1. The van der Waals surface area contributed by atoms with Gasteiger partial charge in [0.25, 0.3) is 5.69 Å². The molecule has 14 heavy (non-hydrogen) atoms. The number of rotatable bonds is 4. The smallest absolute Gasteiger partial charge is 0.272 e. The molecule has 0 fully saturated rings. The van der Waals surface area contributed by atoms with Crippen molar-refractivity contribution in [1.82, 2.24) is 0 Å². The molecule has 0 spiro atoms. The summed E-state index contributed by atoms with van der Waals surface area (Å²) >= 11 is 0. The molecule has 0 aliphatic carbocycles. The molecule has 1 rings (SSSR count). The zero-order chi connectivity index (χ0) is 10.4. The summed E-state index contributed by atoms with van der Waals surface area (Å²) in [4.78, 5) is 10.2. The van der Waals surface area contributed by atoms with Crippen LogP contribution in [0.3, 0.4) is 0 Å². The van der Waals surface area contributed by atoms with Gasteiger partial charge < -0.3 is 5.11 Å². The van der Waals surface area contributed by atoms with Crippen LogP contribution in [0.1, 0.15) is 5.56 Å². The molecule has 1 N–H and O–H groups in total. The van der Waals surface area contributed by atoms with E-state index in [1.165, 1.54) is 6.07 Å².